The molecule has 0 aromatic heterocycles. The molecule has 0 saturated carbocycles. The highest BCUT2D eigenvalue weighted by Gasteiger charge is 2.11. The summed E-state index contributed by atoms with van der Waals surface area (Å²) in [6, 6.07) is 11.4. The zero-order valence-electron chi connectivity index (χ0n) is 11.0. The lowest BCUT2D eigenvalue weighted by Crippen LogP contribution is -2.34. The van der Waals surface area contributed by atoms with Crippen LogP contribution in [0.25, 0.3) is 0 Å². The molecule has 0 aliphatic rings. The normalized spacial score (nSPS) is 15.1. The van der Waals surface area contributed by atoms with Gasteiger partial charge in [0.1, 0.15) is 0 Å². The highest BCUT2D eigenvalue weighted by Crippen LogP contribution is 2.18. The van der Waals surface area contributed by atoms with Crippen LogP contribution in [0, 0.1) is 5.92 Å². The maximum absolute atomic E-state index is 3.63. The predicted molar refractivity (Wildman–Crippen MR) is 71.8 cm³/mol. The largest absolute Gasteiger partial charge is 0.313 e. The monoisotopic (exact) mass is 219 g/mol. The van der Waals surface area contributed by atoms with E-state index in [0.29, 0.717) is 17.9 Å². The minimum Gasteiger partial charge on any atom is -0.313 e. The molecule has 0 saturated heterocycles. The molecule has 1 heteroatoms. The molecule has 1 rings (SSSR count). The first kappa shape index (κ1) is 13.2. The second kappa shape index (κ2) is 6.70. The summed E-state index contributed by atoms with van der Waals surface area (Å²) in [5.41, 5.74) is 1.45. The van der Waals surface area contributed by atoms with Crippen LogP contribution in [0.5, 0.6) is 0 Å². The average Bonchev–Trinajstić information content (AvgIpc) is 2.30. The van der Waals surface area contributed by atoms with Crippen LogP contribution < -0.4 is 5.32 Å². The van der Waals surface area contributed by atoms with Crippen LogP contribution in [0.1, 0.15) is 45.6 Å². The van der Waals surface area contributed by atoms with Crippen molar-refractivity contribution in [3.05, 3.63) is 35.9 Å². The number of hydrogen-bond donors (Lipinski definition) is 1. The first-order valence-electron chi connectivity index (χ1n) is 6.43. The highest BCUT2D eigenvalue weighted by molar-refractivity contribution is 5.19. The van der Waals surface area contributed by atoms with E-state index < -0.39 is 0 Å². The molecule has 0 fully saturated rings. The second-order valence-electron chi connectivity index (χ2n) is 4.96. The van der Waals surface area contributed by atoms with Crippen LogP contribution in [0.2, 0.25) is 0 Å². The standard InChI is InChI=1S/C15H25N/c1-5-14(11-16-13(4)12(2)3)15-9-7-6-8-10-15/h6-10,12-14,16H,5,11H2,1-4H3. The summed E-state index contributed by atoms with van der Waals surface area (Å²) in [5.74, 6) is 1.34. The van der Waals surface area contributed by atoms with E-state index in [2.05, 4.69) is 63.3 Å². The van der Waals surface area contributed by atoms with E-state index >= 15 is 0 Å². The Labute approximate surface area is 100 Å². The predicted octanol–water partition coefficient (Wildman–Crippen LogP) is 3.81. The fourth-order valence-corrected chi connectivity index (χ4v) is 1.79. The SMILES string of the molecule is CCC(CNC(C)C(C)C)c1ccccc1. The van der Waals surface area contributed by atoms with Gasteiger partial charge in [-0.1, -0.05) is 51.1 Å². The summed E-state index contributed by atoms with van der Waals surface area (Å²) < 4.78 is 0. The van der Waals surface area contributed by atoms with Crippen molar-refractivity contribution in [3.63, 3.8) is 0 Å². The zero-order valence-corrected chi connectivity index (χ0v) is 11.0. The van der Waals surface area contributed by atoms with Crippen molar-refractivity contribution in [2.45, 2.75) is 46.1 Å². The quantitative estimate of drug-likeness (QED) is 0.767. The van der Waals surface area contributed by atoms with Crippen LogP contribution in [-0.4, -0.2) is 12.6 Å². The average molecular weight is 219 g/mol. The van der Waals surface area contributed by atoms with Gasteiger partial charge in [-0.3, -0.25) is 0 Å². The van der Waals surface area contributed by atoms with E-state index in [1.165, 1.54) is 12.0 Å². The molecule has 0 bridgehead atoms. The van der Waals surface area contributed by atoms with Gasteiger partial charge in [-0.2, -0.15) is 0 Å². The molecule has 0 spiro atoms. The number of rotatable bonds is 6. The zero-order chi connectivity index (χ0) is 12.0. The van der Waals surface area contributed by atoms with Gasteiger partial charge < -0.3 is 5.32 Å². The van der Waals surface area contributed by atoms with Gasteiger partial charge in [-0.15, -0.1) is 0 Å². The summed E-state index contributed by atoms with van der Waals surface area (Å²) >= 11 is 0. The lowest BCUT2D eigenvalue weighted by Gasteiger charge is -2.22. The van der Waals surface area contributed by atoms with Gasteiger partial charge in [0.2, 0.25) is 0 Å². The molecule has 16 heavy (non-hydrogen) atoms. The molecule has 0 amide bonds. The topological polar surface area (TPSA) is 12.0 Å². The Morgan fingerprint density at radius 3 is 2.19 bits per heavy atom. The molecule has 1 N–H and O–H groups in total. The van der Waals surface area contributed by atoms with Crippen molar-refractivity contribution in [3.8, 4) is 0 Å². The molecule has 0 heterocycles. The molecular weight excluding hydrogens is 194 g/mol. The number of nitrogens with one attached hydrogen (secondary N) is 1. The third-order valence-corrected chi connectivity index (χ3v) is 3.45. The summed E-state index contributed by atoms with van der Waals surface area (Å²) in [5, 5.41) is 3.63. The Bertz CT molecular complexity index is 279. The fraction of sp³-hybridized carbons (Fsp3) is 0.600. The third kappa shape index (κ3) is 3.97. The van der Waals surface area contributed by atoms with E-state index in [-0.39, 0.29) is 0 Å². The molecule has 90 valence electrons. The Morgan fingerprint density at radius 1 is 1.06 bits per heavy atom. The maximum Gasteiger partial charge on any atom is 0.00619 e. The van der Waals surface area contributed by atoms with Crippen LogP contribution in [0.3, 0.4) is 0 Å². The Balaban J connectivity index is 2.50. The maximum atomic E-state index is 3.63. The van der Waals surface area contributed by atoms with Gasteiger partial charge in [-0.25, -0.2) is 0 Å². The highest BCUT2D eigenvalue weighted by atomic mass is 14.9. The van der Waals surface area contributed by atoms with E-state index in [4.69, 9.17) is 0 Å². The minimum absolute atomic E-state index is 0.595. The summed E-state index contributed by atoms with van der Waals surface area (Å²) in [6.07, 6.45) is 1.20. The molecule has 2 unspecified atom stereocenters. The molecule has 1 aromatic rings. The first-order valence-corrected chi connectivity index (χ1v) is 6.43. The molecule has 2 atom stereocenters. The lowest BCUT2D eigenvalue weighted by molar-refractivity contribution is 0.409. The van der Waals surface area contributed by atoms with Crippen molar-refractivity contribution in [2.24, 2.45) is 5.92 Å². The Morgan fingerprint density at radius 2 is 1.69 bits per heavy atom. The van der Waals surface area contributed by atoms with E-state index in [1.54, 1.807) is 0 Å². The Kier molecular flexibility index (Phi) is 5.54. The summed E-state index contributed by atoms with van der Waals surface area (Å²) in [4.78, 5) is 0. The lowest BCUT2D eigenvalue weighted by atomic mass is 9.95. The number of hydrogen-bond acceptors (Lipinski definition) is 1. The fourth-order valence-electron chi connectivity index (χ4n) is 1.79. The van der Waals surface area contributed by atoms with Crippen molar-refractivity contribution < 1.29 is 0 Å². The number of benzene rings is 1. The first-order chi connectivity index (χ1) is 7.65. The van der Waals surface area contributed by atoms with Gasteiger partial charge in [0.05, 0.1) is 0 Å². The smallest absolute Gasteiger partial charge is 0.00619 e. The van der Waals surface area contributed by atoms with Crippen molar-refractivity contribution in [2.75, 3.05) is 6.54 Å². The van der Waals surface area contributed by atoms with Crippen molar-refractivity contribution >= 4 is 0 Å². The van der Waals surface area contributed by atoms with Crippen molar-refractivity contribution in [1.82, 2.24) is 5.32 Å². The third-order valence-electron chi connectivity index (χ3n) is 3.45. The summed E-state index contributed by atoms with van der Waals surface area (Å²) in [6.45, 7) is 10.1. The molecule has 0 aliphatic carbocycles. The van der Waals surface area contributed by atoms with Gasteiger partial charge in [-0.05, 0) is 30.7 Å². The van der Waals surface area contributed by atoms with Crippen LogP contribution in [0.15, 0.2) is 30.3 Å². The minimum atomic E-state index is 0.595. The van der Waals surface area contributed by atoms with E-state index in [9.17, 15) is 0 Å². The molecule has 0 aliphatic heterocycles. The van der Waals surface area contributed by atoms with Gasteiger partial charge >= 0.3 is 0 Å². The molecule has 1 nitrogen and oxygen atoms in total. The van der Waals surface area contributed by atoms with Crippen molar-refractivity contribution in [1.29, 1.82) is 0 Å². The van der Waals surface area contributed by atoms with Gasteiger partial charge in [0.25, 0.3) is 0 Å². The molecule has 1 aromatic carbocycles. The molecular formula is C15H25N. The molecule has 0 radical (unpaired) electrons. The second-order valence-corrected chi connectivity index (χ2v) is 4.96. The van der Waals surface area contributed by atoms with E-state index in [1.807, 2.05) is 0 Å². The summed E-state index contributed by atoms with van der Waals surface area (Å²) in [7, 11) is 0. The van der Waals surface area contributed by atoms with Crippen LogP contribution in [-0.2, 0) is 0 Å². The van der Waals surface area contributed by atoms with Crippen LogP contribution in [0.4, 0.5) is 0 Å². The Hall–Kier alpha value is -0.820. The van der Waals surface area contributed by atoms with Gasteiger partial charge in [0.15, 0.2) is 0 Å². The van der Waals surface area contributed by atoms with Gasteiger partial charge in [0, 0.05) is 12.6 Å². The van der Waals surface area contributed by atoms with E-state index in [0.717, 1.165) is 6.54 Å². The van der Waals surface area contributed by atoms with Crippen LogP contribution >= 0.6 is 0 Å².